The van der Waals surface area contributed by atoms with Crippen molar-refractivity contribution < 1.29 is 4.79 Å². The van der Waals surface area contributed by atoms with E-state index in [9.17, 15) is 4.79 Å². The Labute approximate surface area is 141 Å². The first-order valence-corrected chi connectivity index (χ1v) is 7.88. The molecule has 6 nitrogen and oxygen atoms in total. The second kappa shape index (κ2) is 6.70. The van der Waals surface area contributed by atoms with Gasteiger partial charge in [0.05, 0.1) is 17.8 Å². The van der Waals surface area contributed by atoms with Crippen molar-refractivity contribution in [3.05, 3.63) is 70.8 Å². The summed E-state index contributed by atoms with van der Waals surface area (Å²) in [6.45, 7) is 4.99. The van der Waals surface area contributed by atoms with Gasteiger partial charge in [-0.2, -0.15) is 10.2 Å². The molecule has 1 amide bonds. The van der Waals surface area contributed by atoms with Crippen molar-refractivity contribution in [3.8, 4) is 0 Å². The molecular weight excluding hydrogens is 302 g/mol. The molecule has 0 radical (unpaired) electrons. The smallest absolute Gasteiger partial charge is 0.255 e. The summed E-state index contributed by atoms with van der Waals surface area (Å²) in [5, 5.41) is 11.4. The zero-order valence-corrected chi connectivity index (χ0v) is 14.2. The van der Waals surface area contributed by atoms with Crippen LogP contribution in [0.3, 0.4) is 0 Å². The first kappa shape index (κ1) is 16.0. The molecule has 0 aliphatic carbocycles. The average molecular weight is 323 g/mol. The maximum absolute atomic E-state index is 12.4. The van der Waals surface area contributed by atoms with Crippen LogP contribution in [0.4, 0.5) is 0 Å². The maximum atomic E-state index is 12.4. The van der Waals surface area contributed by atoms with E-state index in [0.29, 0.717) is 12.1 Å². The highest BCUT2D eigenvalue weighted by Crippen LogP contribution is 2.12. The number of carbonyl (C=O) groups excluding carboxylic acids is 1. The Morgan fingerprint density at radius 2 is 1.88 bits per heavy atom. The standard InChI is InChI=1S/C18H21N5O/c1-13-17(14(2)22(3)21-13)18(24)19-11-15-5-7-16(8-6-15)12-23-10-4-9-20-23/h4-10H,11-12H2,1-3H3,(H,19,24). The highest BCUT2D eigenvalue weighted by Gasteiger charge is 2.16. The highest BCUT2D eigenvalue weighted by molar-refractivity contribution is 5.96. The van der Waals surface area contributed by atoms with Crippen molar-refractivity contribution in [1.82, 2.24) is 24.9 Å². The molecule has 124 valence electrons. The number of carbonyl (C=O) groups is 1. The molecule has 0 bridgehead atoms. The van der Waals surface area contributed by atoms with Gasteiger partial charge in [-0.25, -0.2) is 0 Å². The van der Waals surface area contributed by atoms with Gasteiger partial charge in [-0.1, -0.05) is 24.3 Å². The van der Waals surface area contributed by atoms with E-state index in [0.717, 1.165) is 23.5 Å². The first-order chi connectivity index (χ1) is 11.5. The number of aryl methyl sites for hydroxylation is 2. The van der Waals surface area contributed by atoms with E-state index in [1.54, 1.807) is 10.9 Å². The van der Waals surface area contributed by atoms with Crippen molar-refractivity contribution in [2.75, 3.05) is 0 Å². The van der Waals surface area contributed by atoms with Gasteiger partial charge in [0.1, 0.15) is 0 Å². The molecule has 2 heterocycles. The van der Waals surface area contributed by atoms with Crippen LogP contribution in [0.15, 0.2) is 42.7 Å². The third kappa shape index (κ3) is 3.37. The van der Waals surface area contributed by atoms with Crippen LogP contribution in [0.1, 0.15) is 32.9 Å². The second-order valence-electron chi connectivity index (χ2n) is 5.87. The lowest BCUT2D eigenvalue weighted by Crippen LogP contribution is -2.24. The van der Waals surface area contributed by atoms with Crippen LogP contribution in [-0.4, -0.2) is 25.5 Å². The first-order valence-electron chi connectivity index (χ1n) is 7.88. The monoisotopic (exact) mass is 323 g/mol. The van der Waals surface area contributed by atoms with Crippen molar-refractivity contribution in [3.63, 3.8) is 0 Å². The summed E-state index contributed by atoms with van der Waals surface area (Å²) in [5.74, 6) is -0.0845. The van der Waals surface area contributed by atoms with Crippen molar-refractivity contribution in [2.45, 2.75) is 26.9 Å². The molecule has 0 spiro atoms. The summed E-state index contributed by atoms with van der Waals surface area (Å²) >= 11 is 0. The van der Waals surface area contributed by atoms with Crippen molar-refractivity contribution in [1.29, 1.82) is 0 Å². The quantitative estimate of drug-likeness (QED) is 0.783. The van der Waals surface area contributed by atoms with Crippen LogP contribution in [0.25, 0.3) is 0 Å². The van der Waals surface area contributed by atoms with Gasteiger partial charge in [0.2, 0.25) is 0 Å². The SMILES string of the molecule is Cc1nn(C)c(C)c1C(=O)NCc1ccc(Cn2cccn2)cc1. The molecule has 1 N–H and O–H groups in total. The number of hydrogen-bond acceptors (Lipinski definition) is 3. The minimum absolute atomic E-state index is 0.0845. The fraction of sp³-hybridized carbons (Fsp3) is 0.278. The van der Waals surface area contributed by atoms with Crippen molar-refractivity contribution >= 4 is 5.91 Å². The van der Waals surface area contributed by atoms with Crippen molar-refractivity contribution in [2.24, 2.45) is 7.05 Å². The Morgan fingerprint density at radius 1 is 1.17 bits per heavy atom. The summed E-state index contributed by atoms with van der Waals surface area (Å²) in [6.07, 6.45) is 3.71. The van der Waals surface area contributed by atoms with Gasteiger partial charge in [0.15, 0.2) is 0 Å². The Bertz CT molecular complexity index is 831. The molecule has 0 saturated carbocycles. The third-order valence-corrected chi connectivity index (χ3v) is 4.12. The third-order valence-electron chi connectivity index (χ3n) is 4.12. The van der Waals surface area contributed by atoms with Crippen LogP contribution in [0.5, 0.6) is 0 Å². The minimum atomic E-state index is -0.0845. The number of nitrogens with zero attached hydrogens (tertiary/aromatic N) is 4. The molecule has 2 aromatic heterocycles. The largest absolute Gasteiger partial charge is 0.348 e. The van der Waals surface area contributed by atoms with E-state index in [1.165, 1.54) is 5.56 Å². The number of rotatable bonds is 5. The van der Waals surface area contributed by atoms with Crippen LogP contribution in [0, 0.1) is 13.8 Å². The van der Waals surface area contributed by atoms with Gasteiger partial charge in [-0.15, -0.1) is 0 Å². The Hall–Kier alpha value is -2.89. The number of hydrogen-bond donors (Lipinski definition) is 1. The number of benzene rings is 1. The molecule has 6 heteroatoms. The molecular formula is C18H21N5O. The van der Waals surface area contributed by atoms with Gasteiger partial charge < -0.3 is 5.32 Å². The predicted molar refractivity (Wildman–Crippen MR) is 91.6 cm³/mol. The van der Waals surface area contributed by atoms with Gasteiger partial charge in [0.25, 0.3) is 5.91 Å². The minimum Gasteiger partial charge on any atom is -0.348 e. The van der Waals surface area contributed by atoms with Crippen LogP contribution >= 0.6 is 0 Å². The number of nitrogens with one attached hydrogen (secondary N) is 1. The Balaban J connectivity index is 1.61. The predicted octanol–water partition coefficient (Wildman–Crippen LogP) is 2.21. The molecule has 0 atom stereocenters. The Morgan fingerprint density at radius 3 is 2.46 bits per heavy atom. The van der Waals surface area contributed by atoms with E-state index < -0.39 is 0 Å². The number of amides is 1. The van der Waals surface area contributed by atoms with Crippen LogP contribution < -0.4 is 5.32 Å². The van der Waals surface area contributed by atoms with Crippen LogP contribution in [0.2, 0.25) is 0 Å². The molecule has 3 rings (SSSR count). The zero-order valence-electron chi connectivity index (χ0n) is 14.2. The van der Waals surface area contributed by atoms with E-state index in [2.05, 4.69) is 27.6 Å². The lowest BCUT2D eigenvalue weighted by Gasteiger charge is -2.07. The maximum Gasteiger partial charge on any atom is 0.255 e. The summed E-state index contributed by atoms with van der Waals surface area (Å²) in [5.41, 5.74) is 4.52. The molecule has 0 aliphatic rings. The molecule has 0 aliphatic heterocycles. The highest BCUT2D eigenvalue weighted by atomic mass is 16.1. The zero-order chi connectivity index (χ0) is 17.1. The van der Waals surface area contributed by atoms with Crippen LogP contribution in [-0.2, 0) is 20.1 Å². The van der Waals surface area contributed by atoms with E-state index in [-0.39, 0.29) is 5.91 Å². The van der Waals surface area contributed by atoms with E-state index in [1.807, 2.05) is 50.0 Å². The molecule has 24 heavy (non-hydrogen) atoms. The topological polar surface area (TPSA) is 64.7 Å². The Kier molecular flexibility index (Phi) is 4.46. The van der Waals surface area contributed by atoms with Gasteiger partial charge in [-0.05, 0) is 31.0 Å². The van der Waals surface area contributed by atoms with Gasteiger partial charge >= 0.3 is 0 Å². The van der Waals surface area contributed by atoms with Gasteiger partial charge in [0, 0.05) is 31.7 Å². The second-order valence-corrected chi connectivity index (χ2v) is 5.87. The van der Waals surface area contributed by atoms with E-state index in [4.69, 9.17) is 0 Å². The lowest BCUT2D eigenvalue weighted by molar-refractivity contribution is 0.0949. The fourth-order valence-electron chi connectivity index (χ4n) is 2.72. The molecule has 3 aromatic rings. The summed E-state index contributed by atoms with van der Waals surface area (Å²) in [6, 6.07) is 10.1. The summed E-state index contributed by atoms with van der Waals surface area (Å²) in [4.78, 5) is 12.4. The number of aromatic nitrogens is 4. The normalized spacial score (nSPS) is 10.8. The molecule has 0 unspecified atom stereocenters. The fourth-order valence-corrected chi connectivity index (χ4v) is 2.72. The molecule has 0 fully saturated rings. The van der Waals surface area contributed by atoms with Gasteiger partial charge in [-0.3, -0.25) is 14.2 Å². The summed E-state index contributed by atoms with van der Waals surface area (Å²) in [7, 11) is 1.84. The lowest BCUT2D eigenvalue weighted by atomic mass is 10.1. The average Bonchev–Trinajstić information content (AvgIpc) is 3.15. The molecule has 0 saturated heterocycles. The van der Waals surface area contributed by atoms with E-state index >= 15 is 0 Å². The summed E-state index contributed by atoms with van der Waals surface area (Å²) < 4.78 is 3.61. The molecule has 1 aromatic carbocycles.